The van der Waals surface area contributed by atoms with E-state index in [0.29, 0.717) is 23.1 Å². The van der Waals surface area contributed by atoms with Crippen LogP contribution in [-0.4, -0.2) is 48.0 Å². The van der Waals surface area contributed by atoms with Gasteiger partial charge in [-0.05, 0) is 49.2 Å². The molecule has 0 atom stereocenters. The summed E-state index contributed by atoms with van der Waals surface area (Å²) < 4.78 is 72.0. The van der Waals surface area contributed by atoms with E-state index in [1.807, 2.05) is 0 Å². The number of carbonyl (C=O) groups excluding carboxylic acids is 1. The number of rotatable bonds is 5. The van der Waals surface area contributed by atoms with Gasteiger partial charge in [0.2, 0.25) is 10.0 Å². The summed E-state index contributed by atoms with van der Waals surface area (Å²) in [7, 11) is -4.08. The van der Waals surface area contributed by atoms with Gasteiger partial charge in [-0.15, -0.1) is 11.3 Å². The molecule has 0 bridgehead atoms. The van der Waals surface area contributed by atoms with Gasteiger partial charge < -0.3 is 4.74 Å². The second kappa shape index (κ2) is 8.89. The number of hydrogen-bond acceptors (Lipinski definition) is 7. The Morgan fingerprint density at radius 3 is 2.42 bits per heavy atom. The average Bonchev–Trinajstić information content (AvgIpc) is 3.27. The van der Waals surface area contributed by atoms with Gasteiger partial charge in [0.25, 0.3) is 5.91 Å². The van der Waals surface area contributed by atoms with Gasteiger partial charge in [0.15, 0.2) is 0 Å². The predicted molar refractivity (Wildman–Crippen MR) is 113 cm³/mol. The fourth-order valence-corrected chi connectivity index (χ4v) is 6.20. The summed E-state index contributed by atoms with van der Waals surface area (Å²) >= 11 is 1.08. The Balaban J connectivity index is 1.49. The standard InChI is InChI=1S/C20H18F3N3O5S2/c21-20(22,23)12-1-3-13(4-2-12)31-14-7-9-26(10-8-14)33(29,30)16-6-5-15-18(32-11-24-15)17(16)19(27)25-28/h1-6,11,14,28H,7-10H2,(H,25,27). The van der Waals surface area contributed by atoms with Crippen molar-refractivity contribution in [2.24, 2.45) is 0 Å². The minimum atomic E-state index is -4.44. The van der Waals surface area contributed by atoms with Gasteiger partial charge in [-0.25, -0.2) is 18.9 Å². The molecule has 3 aromatic rings. The van der Waals surface area contributed by atoms with Crippen LogP contribution in [0.2, 0.25) is 0 Å². The van der Waals surface area contributed by atoms with Crippen LogP contribution in [0.15, 0.2) is 46.8 Å². The summed E-state index contributed by atoms with van der Waals surface area (Å²) in [6.45, 7) is 0.184. The third-order valence-electron chi connectivity index (χ3n) is 5.29. The van der Waals surface area contributed by atoms with E-state index < -0.39 is 27.7 Å². The maximum atomic E-state index is 13.3. The molecule has 1 aliphatic heterocycles. The molecule has 0 radical (unpaired) electrons. The van der Waals surface area contributed by atoms with E-state index in [0.717, 1.165) is 23.5 Å². The van der Waals surface area contributed by atoms with Crippen molar-refractivity contribution in [1.82, 2.24) is 14.8 Å². The average molecular weight is 502 g/mol. The Bertz CT molecular complexity index is 1270. The first-order valence-electron chi connectivity index (χ1n) is 9.76. The van der Waals surface area contributed by atoms with Crippen molar-refractivity contribution in [2.75, 3.05) is 13.1 Å². The monoisotopic (exact) mass is 501 g/mol. The van der Waals surface area contributed by atoms with E-state index in [1.54, 1.807) is 0 Å². The quantitative estimate of drug-likeness (QED) is 0.408. The van der Waals surface area contributed by atoms with Gasteiger partial charge in [0.1, 0.15) is 11.9 Å². The van der Waals surface area contributed by atoms with Gasteiger partial charge >= 0.3 is 6.18 Å². The summed E-state index contributed by atoms with van der Waals surface area (Å²) in [6, 6.07) is 7.10. The van der Waals surface area contributed by atoms with Crippen molar-refractivity contribution in [3.63, 3.8) is 0 Å². The van der Waals surface area contributed by atoms with Crippen LogP contribution < -0.4 is 10.2 Å². The molecule has 1 aromatic heterocycles. The van der Waals surface area contributed by atoms with E-state index in [9.17, 15) is 26.4 Å². The van der Waals surface area contributed by atoms with Crippen LogP contribution in [-0.2, 0) is 16.2 Å². The molecule has 13 heteroatoms. The van der Waals surface area contributed by atoms with Gasteiger partial charge in [0, 0.05) is 13.1 Å². The Kier molecular flexibility index (Phi) is 6.31. The zero-order chi connectivity index (χ0) is 23.8. The second-order valence-corrected chi connectivity index (χ2v) is 10.1. The van der Waals surface area contributed by atoms with E-state index in [1.165, 1.54) is 39.6 Å². The molecule has 33 heavy (non-hydrogen) atoms. The molecule has 2 heterocycles. The summed E-state index contributed by atoms with van der Waals surface area (Å²) in [6.07, 6.45) is -4.20. The minimum absolute atomic E-state index is 0.0918. The van der Waals surface area contributed by atoms with Crippen LogP contribution in [0.4, 0.5) is 13.2 Å². The highest BCUT2D eigenvalue weighted by molar-refractivity contribution is 7.89. The lowest BCUT2D eigenvalue weighted by molar-refractivity contribution is -0.137. The van der Waals surface area contributed by atoms with Crippen molar-refractivity contribution >= 4 is 37.5 Å². The van der Waals surface area contributed by atoms with Crippen LogP contribution in [0.3, 0.4) is 0 Å². The normalized spacial score (nSPS) is 16.1. The number of benzene rings is 2. The lowest BCUT2D eigenvalue weighted by Crippen LogP contribution is -2.42. The highest BCUT2D eigenvalue weighted by Gasteiger charge is 2.34. The van der Waals surface area contributed by atoms with Crippen LogP contribution >= 0.6 is 11.3 Å². The van der Waals surface area contributed by atoms with E-state index >= 15 is 0 Å². The molecule has 1 saturated heterocycles. The number of aromatic nitrogens is 1. The smallest absolute Gasteiger partial charge is 0.416 e. The van der Waals surface area contributed by atoms with Crippen molar-refractivity contribution in [1.29, 1.82) is 0 Å². The maximum absolute atomic E-state index is 13.3. The molecule has 1 fully saturated rings. The van der Waals surface area contributed by atoms with Crippen molar-refractivity contribution in [2.45, 2.75) is 30.0 Å². The molecule has 0 saturated carbocycles. The molecular formula is C20H18F3N3O5S2. The number of ether oxygens (including phenoxy) is 1. The van der Waals surface area contributed by atoms with Crippen LogP contribution in [0.1, 0.15) is 28.8 Å². The molecule has 0 aliphatic carbocycles. The summed E-state index contributed by atoms with van der Waals surface area (Å²) in [4.78, 5) is 16.1. The number of nitrogens with one attached hydrogen (secondary N) is 1. The Hall–Kier alpha value is -2.74. The lowest BCUT2D eigenvalue weighted by atomic mass is 10.1. The van der Waals surface area contributed by atoms with E-state index in [-0.39, 0.29) is 35.4 Å². The predicted octanol–water partition coefficient (Wildman–Crippen LogP) is 3.67. The SMILES string of the molecule is O=C(NO)c1c(S(=O)(=O)N2CCC(Oc3ccc(C(F)(F)F)cc3)CC2)ccc2ncsc12. The number of carbonyl (C=O) groups is 1. The molecular weight excluding hydrogens is 483 g/mol. The van der Waals surface area contributed by atoms with Gasteiger partial charge in [-0.1, -0.05) is 0 Å². The minimum Gasteiger partial charge on any atom is -0.490 e. The first kappa shape index (κ1) is 23.4. The van der Waals surface area contributed by atoms with Crippen LogP contribution in [0.5, 0.6) is 5.75 Å². The zero-order valence-electron chi connectivity index (χ0n) is 16.9. The fourth-order valence-electron chi connectivity index (χ4n) is 3.64. The summed E-state index contributed by atoms with van der Waals surface area (Å²) in [5, 5.41) is 9.12. The maximum Gasteiger partial charge on any atom is 0.416 e. The first-order valence-corrected chi connectivity index (χ1v) is 12.1. The zero-order valence-corrected chi connectivity index (χ0v) is 18.5. The molecule has 4 rings (SSSR count). The number of hydrogen-bond donors (Lipinski definition) is 2. The van der Waals surface area contributed by atoms with E-state index in [2.05, 4.69) is 4.98 Å². The van der Waals surface area contributed by atoms with Gasteiger partial charge in [-0.3, -0.25) is 10.0 Å². The molecule has 0 spiro atoms. The Labute approximate surface area is 190 Å². The number of nitrogens with zero attached hydrogens (tertiary/aromatic N) is 2. The number of thiazole rings is 1. The third-order valence-corrected chi connectivity index (χ3v) is 8.09. The van der Waals surface area contributed by atoms with Crippen LogP contribution in [0.25, 0.3) is 10.2 Å². The van der Waals surface area contributed by atoms with Crippen molar-refractivity contribution in [3.8, 4) is 5.75 Å². The van der Waals surface area contributed by atoms with Crippen molar-refractivity contribution < 1.29 is 36.3 Å². The van der Waals surface area contributed by atoms with Crippen molar-refractivity contribution in [3.05, 3.63) is 53.0 Å². The number of halogens is 3. The number of sulfonamides is 1. The lowest BCUT2D eigenvalue weighted by Gasteiger charge is -2.31. The number of amides is 1. The van der Waals surface area contributed by atoms with Gasteiger partial charge in [-0.2, -0.15) is 17.5 Å². The Morgan fingerprint density at radius 1 is 1.15 bits per heavy atom. The molecule has 176 valence electrons. The summed E-state index contributed by atoms with van der Waals surface area (Å²) in [5.41, 5.74) is 2.43. The van der Waals surface area contributed by atoms with Gasteiger partial charge in [0.05, 0.1) is 31.7 Å². The van der Waals surface area contributed by atoms with E-state index in [4.69, 9.17) is 9.94 Å². The number of alkyl halides is 3. The highest BCUT2D eigenvalue weighted by Crippen LogP contribution is 2.33. The molecule has 2 N–H and O–H groups in total. The molecule has 2 aromatic carbocycles. The molecule has 8 nitrogen and oxygen atoms in total. The molecule has 0 unspecified atom stereocenters. The largest absolute Gasteiger partial charge is 0.490 e. The molecule has 1 aliphatic rings. The number of hydroxylamine groups is 1. The topological polar surface area (TPSA) is 109 Å². The fraction of sp³-hybridized carbons (Fsp3) is 0.300. The highest BCUT2D eigenvalue weighted by atomic mass is 32.2. The third kappa shape index (κ3) is 4.67. The van der Waals surface area contributed by atoms with Crippen LogP contribution in [0, 0.1) is 0 Å². The number of piperidine rings is 1. The first-order chi connectivity index (χ1) is 15.6. The molecule has 1 amide bonds. The Morgan fingerprint density at radius 2 is 1.82 bits per heavy atom. The second-order valence-electron chi connectivity index (χ2n) is 7.32. The summed E-state index contributed by atoms with van der Waals surface area (Å²) in [5.74, 6) is -0.689. The number of fused-ring (bicyclic) bond motifs is 1.